The second kappa shape index (κ2) is 9.21. The molecular formula is C22H22N4O5. The van der Waals surface area contributed by atoms with Gasteiger partial charge in [0.25, 0.3) is 17.4 Å². The number of carbonyl (C=O) groups excluding carboxylic acids is 3. The van der Waals surface area contributed by atoms with E-state index in [4.69, 9.17) is 4.74 Å². The van der Waals surface area contributed by atoms with E-state index in [1.807, 2.05) is 0 Å². The first-order valence-electron chi connectivity index (χ1n) is 9.60. The van der Waals surface area contributed by atoms with Gasteiger partial charge in [0.15, 0.2) is 12.3 Å². The number of nitrogens with one attached hydrogen (secondary N) is 1. The first kappa shape index (κ1) is 21.7. The van der Waals surface area contributed by atoms with Crippen LogP contribution in [0.25, 0.3) is 10.8 Å². The van der Waals surface area contributed by atoms with Crippen molar-refractivity contribution in [1.82, 2.24) is 14.7 Å². The normalized spacial score (nSPS) is 10.5. The summed E-state index contributed by atoms with van der Waals surface area (Å²) in [6.07, 6.45) is 0. The van der Waals surface area contributed by atoms with Crippen LogP contribution in [0.1, 0.15) is 27.8 Å². The summed E-state index contributed by atoms with van der Waals surface area (Å²) in [5, 5.41) is 7.39. The Balaban J connectivity index is 1.69. The Hall–Kier alpha value is -4.01. The zero-order valence-corrected chi connectivity index (χ0v) is 17.4. The average Bonchev–Trinajstić information content (AvgIpc) is 2.78. The summed E-state index contributed by atoms with van der Waals surface area (Å²) in [6.45, 7) is 1.50. The average molecular weight is 422 g/mol. The minimum atomic E-state index is -0.805. The molecule has 31 heavy (non-hydrogen) atoms. The number of anilines is 1. The SMILES string of the molecule is CCn1nc(C(=O)OCC(=O)Nc2ccc(C(=O)N(C)C)cc2)c2ccccc2c1=O. The lowest BCUT2D eigenvalue weighted by atomic mass is 10.1. The Kier molecular flexibility index (Phi) is 6.44. The molecule has 9 nitrogen and oxygen atoms in total. The van der Waals surface area contributed by atoms with Gasteiger partial charge < -0.3 is 15.0 Å². The summed E-state index contributed by atoms with van der Waals surface area (Å²) in [4.78, 5) is 50.5. The minimum Gasteiger partial charge on any atom is -0.451 e. The second-order valence-corrected chi connectivity index (χ2v) is 6.92. The molecule has 0 saturated heterocycles. The summed E-state index contributed by atoms with van der Waals surface area (Å²) < 4.78 is 6.29. The third-order valence-corrected chi connectivity index (χ3v) is 4.52. The van der Waals surface area contributed by atoms with Crippen LogP contribution in [0.15, 0.2) is 53.3 Å². The van der Waals surface area contributed by atoms with E-state index < -0.39 is 18.5 Å². The van der Waals surface area contributed by atoms with E-state index in [0.717, 1.165) is 0 Å². The third-order valence-electron chi connectivity index (χ3n) is 4.52. The Morgan fingerprint density at radius 3 is 2.29 bits per heavy atom. The molecule has 0 aliphatic rings. The highest BCUT2D eigenvalue weighted by Crippen LogP contribution is 2.15. The standard InChI is InChI=1S/C22H22N4O5/c1-4-26-21(29)17-8-6-5-7-16(17)19(24-26)22(30)31-13-18(27)23-15-11-9-14(10-12-15)20(28)25(2)3/h5-12H,4,13H2,1-3H3,(H,23,27). The second-order valence-electron chi connectivity index (χ2n) is 6.92. The molecule has 160 valence electrons. The van der Waals surface area contributed by atoms with Crippen LogP contribution in [0, 0.1) is 0 Å². The van der Waals surface area contributed by atoms with Gasteiger partial charge in [-0.25, -0.2) is 9.48 Å². The Labute approximate surface area is 178 Å². The van der Waals surface area contributed by atoms with E-state index in [9.17, 15) is 19.2 Å². The predicted molar refractivity (Wildman–Crippen MR) is 115 cm³/mol. The number of aromatic nitrogens is 2. The summed E-state index contributed by atoms with van der Waals surface area (Å²) in [6, 6.07) is 13.0. The number of hydrogen-bond acceptors (Lipinski definition) is 6. The van der Waals surface area contributed by atoms with Crippen LogP contribution in [0.3, 0.4) is 0 Å². The van der Waals surface area contributed by atoms with Crippen LogP contribution >= 0.6 is 0 Å². The number of ether oxygens (including phenoxy) is 1. The highest BCUT2D eigenvalue weighted by Gasteiger charge is 2.18. The van der Waals surface area contributed by atoms with Gasteiger partial charge in [0.1, 0.15) is 0 Å². The van der Waals surface area contributed by atoms with E-state index in [-0.39, 0.29) is 23.7 Å². The lowest BCUT2D eigenvalue weighted by molar-refractivity contribution is -0.119. The molecule has 0 bridgehead atoms. The Morgan fingerprint density at radius 2 is 1.68 bits per heavy atom. The summed E-state index contributed by atoms with van der Waals surface area (Å²) in [7, 11) is 3.30. The van der Waals surface area contributed by atoms with E-state index in [0.29, 0.717) is 22.0 Å². The first-order chi connectivity index (χ1) is 14.8. The summed E-state index contributed by atoms with van der Waals surface area (Å²) >= 11 is 0. The van der Waals surface area contributed by atoms with Gasteiger partial charge in [-0.2, -0.15) is 5.10 Å². The van der Waals surface area contributed by atoms with Crippen molar-refractivity contribution in [2.24, 2.45) is 0 Å². The van der Waals surface area contributed by atoms with Gasteiger partial charge in [-0.05, 0) is 37.3 Å². The lowest BCUT2D eigenvalue weighted by Gasteiger charge is -2.11. The molecule has 1 N–H and O–H groups in total. The van der Waals surface area contributed by atoms with Crippen molar-refractivity contribution in [2.75, 3.05) is 26.0 Å². The number of nitrogens with zero attached hydrogens (tertiary/aromatic N) is 3. The van der Waals surface area contributed by atoms with Crippen molar-refractivity contribution in [3.05, 3.63) is 70.1 Å². The zero-order valence-electron chi connectivity index (χ0n) is 17.4. The summed E-state index contributed by atoms with van der Waals surface area (Å²) in [5.74, 6) is -1.51. The van der Waals surface area contributed by atoms with Gasteiger partial charge in [-0.3, -0.25) is 14.4 Å². The van der Waals surface area contributed by atoms with E-state index >= 15 is 0 Å². The molecule has 0 radical (unpaired) electrons. The smallest absolute Gasteiger partial charge is 0.359 e. The van der Waals surface area contributed by atoms with Crippen molar-refractivity contribution >= 4 is 34.2 Å². The molecule has 2 amide bonds. The maximum Gasteiger partial charge on any atom is 0.359 e. The van der Waals surface area contributed by atoms with Crippen LogP contribution in [0.2, 0.25) is 0 Å². The molecular weight excluding hydrogens is 400 g/mol. The number of hydrogen-bond donors (Lipinski definition) is 1. The number of rotatable bonds is 6. The van der Waals surface area contributed by atoms with E-state index in [2.05, 4.69) is 10.4 Å². The van der Waals surface area contributed by atoms with Gasteiger partial charge in [-0.1, -0.05) is 18.2 Å². The molecule has 0 atom stereocenters. The molecule has 0 aliphatic carbocycles. The monoisotopic (exact) mass is 422 g/mol. The Morgan fingerprint density at radius 1 is 1.03 bits per heavy atom. The van der Waals surface area contributed by atoms with Crippen molar-refractivity contribution in [3.63, 3.8) is 0 Å². The van der Waals surface area contributed by atoms with Crippen LogP contribution in [-0.4, -0.2) is 53.2 Å². The molecule has 9 heteroatoms. The fourth-order valence-electron chi connectivity index (χ4n) is 2.95. The van der Waals surface area contributed by atoms with Gasteiger partial charge in [-0.15, -0.1) is 0 Å². The fraction of sp³-hybridized carbons (Fsp3) is 0.227. The quantitative estimate of drug-likeness (QED) is 0.608. The highest BCUT2D eigenvalue weighted by molar-refractivity contribution is 6.03. The Bertz CT molecular complexity index is 1200. The molecule has 0 aliphatic heterocycles. The lowest BCUT2D eigenvalue weighted by Crippen LogP contribution is -2.27. The molecule has 0 spiro atoms. The van der Waals surface area contributed by atoms with Gasteiger partial charge in [0, 0.05) is 37.3 Å². The molecule has 3 rings (SSSR count). The number of carbonyl (C=O) groups is 3. The number of esters is 1. The van der Waals surface area contributed by atoms with Crippen LogP contribution in [0.5, 0.6) is 0 Å². The van der Waals surface area contributed by atoms with Gasteiger partial charge >= 0.3 is 5.97 Å². The number of amides is 2. The van der Waals surface area contributed by atoms with Gasteiger partial charge in [0.05, 0.1) is 5.39 Å². The van der Waals surface area contributed by atoms with Crippen molar-refractivity contribution < 1.29 is 19.1 Å². The van der Waals surface area contributed by atoms with Crippen LogP contribution in [-0.2, 0) is 16.1 Å². The maximum atomic E-state index is 12.6. The fourth-order valence-corrected chi connectivity index (χ4v) is 2.95. The highest BCUT2D eigenvalue weighted by atomic mass is 16.5. The number of fused-ring (bicyclic) bond motifs is 1. The largest absolute Gasteiger partial charge is 0.451 e. The number of aryl methyl sites for hydroxylation is 1. The summed E-state index contributed by atoms with van der Waals surface area (Å²) in [5.41, 5.74) is 0.609. The maximum absolute atomic E-state index is 12.6. The van der Waals surface area contributed by atoms with Gasteiger partial charge in [0.2, 0.25) is 0 Å². The van der Waals surface area contributed by atoms with Crippen LogP contribution in [0.4, 0.5) is 5.69 Å². The van der Waals surface area contributed by atoms with E-state index in [1.165, 1.54) is 9.58 Å². The van der Waals surface area contributed by atoms with Crippen molar-refractivity contribution in [1.29, 1.82) is 0 Å². The third kappa shape index (κ3) is 4.77. The van der Waals surface area contributed by atoms with Crippen LogP contribution < -0.4 is 10.9 Å². The molecule has 3 aromatic rings. The van der Waals surface area contributed by atoms with Crippen molar-refractivity contribution in [2.45, 2.75) is 13.5 Å². The molecule has 0 fully saturated rings. The zero-order chi connectivity index (χ0) is 22.5. The minimum absolute atomic E-state index is 0.0311. The molecule has 0 saturated carbocycles. The topological polar surface area (TPSA) is 111 Å². The number of benzene rings is 2. The first-order valence-corrected chi connectivity index (χ1v) is 9.60. The van der Waals surface area contributed by atoms with E-state index in [1.54, 1.807) is 69.6 Å². The van der Waals surface area contributed by atoms with Crippen molar-refractivity contribution in [3.8, 4) is 0 Å². The predicted octanol–water partition coefficient (Wildman–Crippen LogP) is 1.91. The molecule has 1 aromatic heterocycles. The molecule has 2 aromatic carbocycles. The molecule has 1 heterocycles. The molecule has 0 unspecified atom stereocenters.